The maximum Gasteiger partial charge on any atom is 0.234 e. The Balaban J connectivity index is 1.07. The molecule has 0 N–H and O–H groups in total. The van der Waals surface area contributed by atoms with Crippen molar-refractivity contribution in [3.05, 3.63) is 199 Å². The molecule has 6 heteroatoms. The Bertz CT molecular complexity index is 2750. The van der Waals surface area contributed by atoms with Gasteiger partial charge in [-0.1, -0.05) is 151 Å². The van der Waals surface area contributed by atoms with E-state index >= 15 is 0 Å². The van der Waals surface area contributed by atoms with E-state index in [2.05, 4.69) is 174 Å². The Hall–Kier alpha value is -6.50. The van der Waals surface area contributed by atoms with Crippen LogP contribution < -0.4 is 9.80 Å². The van der Waals surface area contributed by atoms with Crippen molar-refractivity contribution in [3.63, 3.8) is 0 Å². The molecule has 5 nitrogen and oxygen atoms in total. The van der Waals surface area contributed by atoms with Gasteiger partial charge in [0.15, 0.2) is 5.82 Å². The first kappa shape index (κ1) is 32.0. The van der Waals surface area contributed by atoms with Crippen LogP contribution in [-0.2, 0) is 0 Å². The third kappa shape index (κ3) is 5.44. The van der Waals surface area contributed by atoms with E-state index in [1.54, 1.807) is 0 Å². The summed E-state index contributed by atoms with van der Waals surface area (Å²) in [5, 5.41) is 2.50. The van der Waals surface area contributed by atoms with Gasteiger partial charge in [-0.25, -0.2) is 4.98 Å². The minimum Gasteiger partial charge on any atom is -0.308 e. The second-order valence-electron chi connectivity index (χ2n) is 14.3. The molecule has 0 bridgehead atoms. The normalized spacial score (nSPS) is 19.1. The van der Waals surface area contributed by atoms with E-state index in [1.165, 1.54) is 48.6 Å². The minimum absolute atomic E-state index is 0.0437. The van der Waals surface area contributed by atoms with Crippen LogP contribution in [0.1, 0.15) is 35.2 Å². The zero-order valence-corrected chi connectivity index (χ0v) is 30.7. The van der Waals surface area contributed by atoms with Crippen LogP contribution in [0, 0.1) is 0 Å². The number of fused-ring (bicyclic) bond motifs is 7. The Labute approximate surface area is 324 Å². The Morgan fingerprint density at radius 2 is 1.42 bits per heavy atom. The number of hydrogen-bond donors (Lipinski definition) is 0. The van der Waals surface area contributed by atoms with Gasteiger partial charge in [-0.2, -0.15) is 9.97 Å². The van der Waals surface area contributed by atoms with Gasteiger partial charge < -0.3 is 9.80 Å². The molecule has 0 saturated heterocycles. The first-order valence-corrected chi connectivity index (χ1v) is 19.7. The summed E-state index contributed by atoms with van der Waals surface area (Å²) in [5.41, 5.74) is 9.32. The molecule has 2 aliphatic heterocycles. The first-order valence-electron chi connectivity index (χ1n) is 18.9. The lowest BCUT2D eigenvalue weighted by Gasteiger charge is -2.33. The van der Waals surface area contributed by atoms with Crippen LogP contribution in [0.4, 0.5) is 28.7 Å². The second kappa shape index (κ2) is 13.1. The van der Waals surface area contributed by atoms with Crippen molar-refractivity contribution in [1.29, 1.82) is 0 Å². The highest BCUT2D eigenvalue weighted by Crippen LogP contribution is 2.54. The molecule has 3 unspecified atom stereocenters. The predicted molar refractivity (Wildman–Crippen MR) is 226 cm³/mol. The molecule has 7 aromatic rings. The van der Waals surface area contributed by atoms with Gasteiger partial charge in [0.2, 0.25) is 5.95 Å². The van der Waals surface area contributed by atoms with E-state index in [9.17, 15) is 0 Å². The third-order valence-electron chi connectivity index (χ3n) is 11.1. The van der Waals surface area contributed by atoms with Crippen molar-refractivity contribution in [2.24, 2.45) is 0 Å². The van der Waals surface area contributed by atoms with Crippen molar-refractivity contribution in [1.82, 2.24) is 15.0 Å². The lowest BCUT2D eigenvalue weighted by Crippen LogP contribution is -2.31. The Morgan fingerprint density at radius 3 is 2.29 bits per heavy atom. The van der Waals surface area contributed by atoms with E-state index in [0.29, 0.717) is 11.8 Å². The van der Waals surface area contributed by atoms with Crippen molar-refractivity contribution < 1.29 is 0 Å². The summed E-state index contributed by atoms with van der Waals surface area (Å²) < 4.78 is 0. The zero-order valence-electron chi connectivity index (χ0n) is 29.9. The quantitative estimate of drug-likeness (QED) is 0.176. The number of anilines is 5. The molecule has 262 valence electrons. The average Bonchev–Trinajstić information content (AvgIpc) is 3.60. The maximum absolute atomic E-state index is 5.31. The third-order valence-corrected chi connectivity index (χ3v) is 12.2. The Morgan fingerprint density at radius 1 is 0.618 bits per heavy atom. The summed E-state index contributed by atoms with van der Waals surface area (Å²) in [6.45, 7) is 0. The van der Waals surface area contributed by atoms with Gasteiger partial charge in [0.1, 0.15) is 5.82 Å². The molecular formula is C49H35N5S. The minimum atomic E-state index is -0.0437. The fourth-order valence-corrected chi connectivity index (χ4v) is 9.58. The predicted octanol–water partition coefficient (Wildman–Crippen LogP) is 12.5. The summed E-state index contributed by atoms with van der Waals surface area (Å²) in [7, 11) is 0. The van der Waals surface area contributed by atoms with Gasteiger partial charge in [-0.3, -0.25) is 0 Å². The number of allylic oxidation sites excluding steroid dienone is 6. The van der Waals surface area contributed by atoms with E-state index < -0.39 is 0 Å². The molecule has 55 heavy (non-hydrogen) atoms. The molecular weight excluding hydrogens is 691 g/mol. The van der Waals surface area contributed by atoms with Crippen LogP contribution in [0.25, 0.3) is 27.7 Å². The smallest absolute Gasteiger partial charge is 0.234 e. The topological polar surface area (TPSA) is 45.2 Å². The van der Waals surface area contributed by atoms with Gasteiger partial charge in [0, 0.05) is 38.6 Å². The summed E-state index contributed by atoms with van der Waals surface area (Å²) in [5.74, 6) is 2.35. The summed E-state index contributed by atoms with van der Waals surface area (Å²) in [4.78, 5) is 22.9. The molecule has 0 radical (unpaired) electrons. The summed E-state index contributed by atoms with van der Waals surface area (Å²) in [6.07, 6.45) is 16.6. The standard InChI is InChI=1S/C49H35N5S/c1-4-15-33(16-5-1)47-50-48(34-17-6-2-7-18-34)52-49(51-47)54-41-28-25-32-14-10-11-21-38(32)46(41)39-27-24-35(30-42(39)54)36-26-29-45-43(31-36)53(37-19-8-3-9-20-37)40-22-12-13-23-44(40)55-45/h1-17,19-31,34,39,42H,18H2. The lowest BCUT2D eigenvalue weighted by atomic mass is 9.85. The SMILES string of the molecule is C1=CCC(c2nc(-c3ccccc3)nc(N3c4ccc5ccccc5c4C4C=CC(c5ccc6c(c5)N(c5ccccc5)c5ccccc5S6)=CC43)n2)C=C1. The fourth-order valence-electron chi connectivity index (χ4n) is 8.54. The number of hydrogen-bond acceptors (Lipinski definition) is 6. The van der Waals surface area contributed by atoms with Crippen molar-refractivity contribution >= 4 is 56.8 Å². The van der Waals surface area contributed by atoms with E-state index in [1.807, 2.05) is 30.0 Å². The molecule has 0 spiro atoms. The zero-order chi connectivity index (χ0) is 36.3. The average molecular weight is 726 g/mol. The molecule has 11 rings (SSSR count). The second-order valence-corrected chi connectivity index (χ2v) is 15.4. The number of aromatic nitrogens is 3. The molecule has 3 atom stereocenters. The Kier molecular flexibility index (Phi) is 7.62. The first-order chi connectivity index (χ1) is 27.3. The highest BCUT2D eigenvalue weighted by molar-refractivity contribution is 7.99. The van der Waals surface area contributed by atoms with Crippen LogP contribution in [0.2, 0.25) is 0 Å². The summed E-state index contributed by atoms with van der Waals surface area (Å²) >= 11 is 1.84. The van der Waals surface area contributed by atoms with Gasteiger partial charge in [-0.05, 0) is 76.4 Å². The van der Waals surface area contributed by atoms with Gasteiger partial charge in [0.05, 0.1) is 17.4 Å². The number of nitrogens with zero attached hydrogens (tertiary/aromatic N) is 5. The molecule has 4 aliphatic rings. The van der Waals surface area contributed by atoms with E-state index in [0.717, 1.165) is 29.2 Å². The van der Waals surface area contributed by atoms with E-state index in [4.69, 9.17) is 15.0 Å². The molecule has 0 saturated carbocycles. The van der Waals surface area contributed by atoms with Gasteiger partial charge in [0.25, 0.3) is 0 Å². The molecule has 0 amide bonds. The van der Waals surface area contributed by atoms with Crippen LogP contribution in [0.3, 0.4) is 0 Å². The fraction of sp³-hybridized carbons (Fsp3) is 0.0816. The van der Waals surface area contributed by atoms with Gasteiger partial charge in [-0.15, -0.1) is 0 Å². The molecule has 3 heterocycles. The van der Waals surface area contributed by atoms with Crippen LogP contribution >= 0.6 is 11.8 Å². The number of rotatable bonds is 5. The summed E-state index contributed by atoms with van der Waals surface area (Å²) in [6, 6.07) is 49.8. The van der Waals surface area contributed by atoms with Crippen LogP contribution in [0.15, 0.2) is 192 Å². The molecule has 0 fully saturated rings. The maximum atomic E-state index is 5.31. The number of benzene rings is 6. The molecule has 2 aliphatic carbocycles. The van der Waals surface area contributed by atoms with Crippen molar-refractivity contribution in [3.8, 4) is 11.4 Å². The highest BCUT2D eigenvalue weighted by Gasteiger charge is 2.41. The monoisotopic (exact) mass is 725 g/mol. The van der Waals surface area contributed by atoms with Crippen LogP contribution in [0.5, 0.6) is 0 Å². The molecule has 1 aromatic heterocycles. The van der Waals surface area contributed by atoms with Crippen molar-refractivity contribution in [2.75, 3.05) is 9.80 Å². The lowest BCUT2D eigenvalue weighted by molar-refractivity contribution is 0.711. The largest absolute Gasteiger partial charge is 0.308 e. The van der Waals surface area contributed by atoms with E-state index in [-0.39, 0.29) is 17.9 Å². The number of para-hydroxylation sites is 2. The van der Waals surface area contributed by atoms with Gasteiger partial charge >= 0.3 is 0 Å². The molecule has 6 aromatic carbocycles. The van der Waals surface area contributed by atoms with Crippen LogP contribution in [-0.4, -0.2) is 21.0 Å². The van der Waals surface area contributed by atoms with Crippen molar-refractivity contribution in [2.45, 2.75) is 34.1 Å². The highest BCUT2D eigenvalue weighted by atomic mass is 32.2.